The molecule has 0 spiro atoms. The third-order valence-electron chi connectivity index (χ3n) is 3.08. The van der Waals surface area contributed by atoms with E-state index in [1.165, 1.54) is 0 Å². The molecule has 20 heavy (non-hydrogen) atoms. The molecule has 0 fully saturated rings. The number of hydrogen-bond donors (Lipinski definition) is 1. The summed E-state index contributed by atoms with van der Waals surface area (Å²) in [4.78, 5) is 0. The van der Waals surface area contributed by atoms with E-state index in [1.807, 2.05) is 24.3 Å². The highest BCUT2D eigenvalue weighted by molar-refractivity contribution is 6.30. The lowest BCUT2D eigenvalue weighted by atomic mass is 10.2. The van der Waals surface area contributed by atoms with Gasteiger partial charge in [0.25, 0.3) is 0 Å². The van der Waals surface area contributed by atoms with E-state index in [2.05, 4.69) is 0 Å². The Morgan fingerprint density at radius 1 is 1.10 bits per heavy atom. The van der Waals surface area contributed by atoms with Crippen molar-refractivity contribution in [2.45, 2.75) is 13.2 Å². The maximum Gasteiger partial charge on any atom is 0.231 e. The fourth-order valence-electron chi connectivity index (χ4n) is 2.02. The summed E-state index contributed by atoms with van der Waals surface area (Å²) in [7, 11) is 0. The van der Waals surface area contributed by atoms with Gasteiger partial charge in [0.1, 0.15) is 12.4 Å². The Hall–Kier alpha value is -1.91. The van der Waals surface area contributed by atoms with E-state index >= 15 is 0 Å². The van der Waals surface area contributed by atoms with Crippen molar-refractivity contribution in [2.24, 2.45) is 5.73 Å². The van der Waals surface area contributed by atoms with Gasteiger partial charge in [0.05, 0.1) is 0 Å². The van der Waals surface area contributed by atoms with Crippen LogP contribution in [0.4, 0.5) is 0 Å². The fourth-order valence-corrected chi connectivity index (χ4v) is 2.19. The van der Waals surface area contributed by atoms with Crippen molar-refractivity contribution in [2.75, 3.05) is 6.79 Å². The first-order valence-corrected chi connectivity index (χ1v) is 6.64. The van der Waals surface area contributed by atoms with E-state index in [-0.39, 0.29) is 6.79 Å². The Bertz CT molecular complexity index is 631. The second kappa shape index (κ2) is 5.61. The second-order valence-electron chi connectivity index (χ2n) is 4.43. The SMILES string of the molecule is NCc1ccc(Cl)cc1OCc1ccc2c(c1)OCO2. The lowest BCUT2D eigenvalue weighted by molar-refractivity contribution is 0.174. The monoisotopic (exact) mass is 291 g/mol. The van der Waals surface area contributed by atoms with Gasteiger partial charge in [-0.15, -0.1) is 0 Å². The summed E-state index contributed by atoms with van der Waals surface area (Å²) in [6.45, 7) is 1.10. The van der Waals surface area contributed by atoms with Crippen LogP contribution in [-0.4, -0.2) is 6.79 Å². The van der Waals surface area contributed by atoms with Crippen LogP contribution in [-0.2, 0) is 13.2 Å². The average Bonchev–Trinajstić information content (AvgIpc) is 2.92. The molecule has 0 aliphatic carbocycles. The van der Waals surface area contributed by atoms with Gasteiger partial charge in [-0.1, -0.05) is 23.7 Å². The predicted octanol–water partition coefficient (Wildman–Crippen LogP) is 3.11. The maximum atomic E-state index is 5.97. The van der Waals surface area contributed by atoms with Crippen LogP contribution in [0.3, 0.4) is 0 Å². The number of fused-ring (bicyclic) bond motifs is 1. The normalized spacial score (nSPS) is 12.5. The van der Waals surface area contributed by atoms with E-state index < -0.39 is 0 Å². The first-order chi connectivity index (χ1) is 9.76. The molecule has 1 heterocycles. The minimum absolute atomic E-state index is 0.269. The standard InChI is InChI=1S/C15H14ClNO3/c16-12-3-2-11(7-17)14(6-12)18-8-10-1-4-13-15(5-10)20-9-19-13/h1-6H,7-9,17H2. The molecule has 104 valence electrons. The zero-order valence-corrected chi connectivity index (χ0v) is 11.5. The molecule has 0 aromatic heterocycles. The maximum absolute atomic E-state index is 5.97. The molecule has 0 saturated heterocycles. The smallest absolute Gasteiger partial charge is 0.231 e. The summed E-state index contributed by atoms with van der Waals surface area (Å²) in [6, 6.07) is 11.2. The summed E-state index contributed by atoms with van der Waals surface area (Å²) in [6.07, 6.45) is 0. The van der Waals surface area contributed by atoms with E-state index in [0.29, 0.717) is 23.9 Å². The van der Waals surface area contributed by atoms with Crippen LogP contribution in [0.2, 0.25) is 5.02 Å². The molecule has 0 atom stereocenters. The molecule has 1 aliphatic heterocycles. The molecule has 0 unspecified atom stereocenters. The largest absolute Gasteiger partial charge is 0.489 e. The molecular formula is C15H14ClNO3. The van der Waals surface area contributed by atoms with E-state index in [1.54, 1.807) is 12.1 Å². The van der Waals surface area contributed by atoms with Gasteiger partial charge in [-0.05, 0) is 29.8 Å². The minimum atomic E-state index is 0.269. The van der Waals surface area contributed by atoms with Gasteiger partial charge in [0.15, 0.2) is 11.5 Å². The Morgan fingerprint density at radius 3 is 2.80 bits per heavy atom. The lowest BCUT2D eigenvalue weighted by Crippen LogP contribution is -2.02. The predicted molar refractivity (Wildman–Crippen MR) is 76.2 cm³/mol. The molecule has 0 radical (unpaired) electrons. The quantitative estimate of drug-likeness (QED) is 0.940. The van der Waals surface area contributed by atoms with Crippen molar-refractivity contribution in [1.29, 1.82) is 0 Å². The highest BCUT2D eigenvalue weighted by Crippen LogP contribution is 2.33. The Labute approximate surface area is 122 Å². The molecule has 4 nitrogen and oxygen atoms in total. The molecule has 0 saturated carbocycles. The average molecular weight is 292 g/mol. The highest BCUT2D eigenvalue weighted by atomic mass is 35.5. The summed E-state index contributed by atoms with van der Waals surface area (Å²) in [5.41, 5.74) is 7.61. The molecular weight excluding hydrogens is 278 g/mol. The summed E-state index contributed by atoms with van der Waals surface area (Å²) in [5.74, 6) is 2.22. The van der Waals surface area contributed by atoms with Gasteiger partial charge in [-0.2, -0.15) is 0 Å². The van der Waals surface area contributed by atoms with Crippen LogP contribution >= 0.6 is 11.6 Å². The Morgan fingerprint density at radius 2 is 1.95 bits per heavy atom. The molecule has 0 bridgehead atoms. The Kier molecular flexibility index (Phi) is 3.67. The van der Waals surface area contributed by atoms with E-state index in [4.69, 9.17) is 31.5 Å². The van der Waals surface area contributed by atoms with Crippen molar-refractivity contribution < 1.29 is 14.2 Å². The van der Waals surface area contributed by atoms with E-state index in [9.17, 15) is 0 Å². The summed E-state index contributed by atoms with van der Waals surface area (Å²) in [5, 5.41) is 0.628. The van der Waals surface area contributed by atoms with Crippen LogP contribution < -0.4 is 19.9 Å². The highest BCUT2D eigenvalue weighted by Gasteiger charge is 2.13. The number of hydrogen-bond acceptors (Lipinski definition) is 4. The van der Waals surface area contributed by atoms with Gasteiger partial charge < -0.3 is 19.9 Å². The van der Waals surface area contributed by atoms with Crippen LogP contribution in [0, 0.1) is 0 Å². The summed E-state index contributed by atoms with van der Waals surface area (Å²) < 4.78 is 16.4. The van der Waals surface area contributed by atoms with Gasteiger partial charge in [-0.3, -0.25) is 0 Å². The third kappa shape index (κ3) is 2.66. The molecule has 2 N–H and O–H groups in total. The van der Waals surface area contributed by atoms with Crippen molar-refractivity contribution in [3.63, 3.8) is 0 Å². The topological polar surface area (TPSA) is 53.7 Å². The number of nitrogens with two attached hydrogens (primary N) is 1. The first-order valence-electron chi connectivity index (χ1n) is 6.26. The number of rotatable bonds is 4. The zero-order valence-electron chi connectivity index (χ0n) is 10.8. The van der Waals surface area contributed by atoms with Gasteiger partial charge in [0.2, 0.25) is 6.79 Å². The first kappa shape index (κ1) is 13.1. The van der Waals surface area contributed by atoms with Crippen LogP contribution in [0.1, 0.15) is 11.1 Å². The molecule has 5 heteroatoms. The van der Waals surface area contributed by atoms with Gasteiger partial charge in [0, 0.05) is 17.1 Å². The second-order valence-corrected chi connectivity index (χ2v) is 4.87. The molecule has 1 aliphatic rings. The summed E-state index contributed by atoms with van der Waals surface area (Å²) >= 11 is 5.97. The lowest BCUT2D eigenvalue weighted by Gasteiger charge is -2.11. The molecule has 2 aromatic carbocycles. The zero-order chi connectivity index (χ0) is 13.9. The van der Waals surface area contributed by atoms with Crippen molar-refractivity contribution >= 4 is 11.6 Å². The van der Waals surface area contributed by atoms with Crippen molar-refractivity contribution in [1.82, 2.24) is 0 Å². The third-order valence-corrected chi connectivity index (χ3v) is 3.32. The van der Waals surface area contributed by atoms with Crippen molar-refractivity contribution in [3.05, 3.63) is 52.5 Å². The van der Waals surface area contributed by atoms with Gasteiger partial charge >= 0.3 is 0 Å². The van der Waals surface area contributed by atoms with Crippen LogP contribution in [0.15, 0.2) is 36.4 Å². The van der Waals surface area contributed by atoms with Crippen LogP contribution in [0.25, 0.3) is 0 Å². The fraction of sp³-hybridized carbons (Fsp3) is 0.200. The number of halogens is 1. The molecule has 3 rings (SSSR count). The van der Waals surface area contributed by atoms with Crippen molar-refractivity contribution in [3.8, 4) is 17.2 Å². The van der Waals surface area contributed by atoms with Crippen LogP contribution in [0.5, 0.6) is 17.2 Å². The minimum Gasteiger partial charge on any atom is -0.489 e. The van der Waals surface area contributed by atoms with Gasteiger partial charge in [-0.25, -0.2) is 0 Å². The molecule has 0 amide bonds. The molecule has 2 aromatic rings. The number of benzene rings is 2. The van der Waals surface area contributed by atoms with E-state index in [0.717, 1.165) is 22.6 Å². The number of ether oxygens (including phenoxy) is 3. The Balaban J connectivity index is 1.75.